The molecule has 0 bridgehead atoms. The summed E-state index contributed by atoms with van der Waals surface area (Å²) in [7, 11) is 0. The van der Waals surface area contributed by atoms with E-state index in [1.807, 2.05) is 48.5 Å². The molecule has 4 heterocycles. The van der Waals surface area contributed by atoms with Crippen molar-refractivity contribution in [1.82, 2.24) is 19.4 Å². The van der Waals surface area contributed by atoms with E-state index in [2.05, 4.69) is 89.5 Å². The SMILES string of the molecule is c1ccc(-c2nc(-c3ccc4c(c3)c3ccccc3c3nc5cc6c(cn5c43)oc3ccccc36)nc3ccccc23)cc1. The number of rotatable bonds is 2. The Morgan fingerprint density at radius 2 is 1.23 bits per heavy atom. The maximum absolute atomic E-state index is 6.27. The van der Waals surface area contributed by atoms with E-state index in [-0.39, 0.29) is 0 Å². The first kappa shape index (κ1) is 23.5. The fourth-order valence-electron chi connectivity index (χ4n) is 6.76. The van der Waals surface area contributed by atoms with E-state index >= 15 is 0 Å². The predicted octanol–water partition coefficient (Wildman–Crippen LogP) is 9.97. The Morgan fingerprint density at radius 1 is 0.477 bits per heavy atom. The Kier molecular flexibility index (Phi) is 4.66. The molecule has 5 nitrogen and oxygen atoms in total. The van der Waals surface area contributed by atoms with Gasteiger partial charge in [-0.05, 0) is 35.0 Å². The first-order valence-corrected chi connectivity index (χ1v) is 14.7. The average Bonchev–Trinajstić information content (AvgIpc) is 3.65. The molecule has 0 saturated carbocycles. The first-order chi connectivity index (χ1) is 21.8. The number of aromatic nitrogens is 4. The second-order valence-corrected chi connectivity index (χ2v) is 11.3. The summed E-state index contributed by atoms with van der Waals surface area (Å²) in [5, 5.41) is 7.73. The summed E-state index contributed by atoms with van der Waals surface area (Å²) >= 11 is 0. The van der Waals surface area contributed by atoms with E-state index in [9.17, 15) is 0 Å². The second-order valence-electron chi connectivity index (χ2n) is 11.3. The summed E-state index contributed by atoms with van der Waals surface area (Å²) in [6, 6.07) is 43.9. The molecular formula is C39H22N4O. The van der Waals surface area contributed by atoms with E-state index in [0.717, 1.165) is 87.9 Å². The summed E-state index contributed by atoms with van der Waals surface area (Å²) in [6.45, 7) is 0. The van der Waals surface area contributed by atoms with E-state index in [4.69, 9.17) is 19.4 Å². The van der Waals surface area contributed by atoms with Crippen LogP contribution in [0, 0.1) is 0 Å². The predicted molar refractivity (Wildman–Crippen MR) is 179 cm³/mol. The highest BCUT2D eigenvalue weighted by Gasteiger charge is 2.18. The fraction of sp³-hybridized carbons (Fsp3) is 0. The lowest BCUT2D eigenvalue weighted by atomic mass is 9.97. The standard InChI is InChI=1S/C39H22N4O/c1-2-10-23(11-3-1)36-29-15-6-8-16-32(29)40-39(42-36)24-18-19-28-30(20-24)25-12-4-5-14-27(25)37-38(28)43-22-34-31(21-35(43)41-37)26-13-7-9-17-33(26)44-34/h1-22H. The van der Waals surface area contributed by atoms with Gasteiger partial charge in [0.25, 0.3) is 0 Å². The van der Waals surface area contributed by atoms with Crippen LogP contribution in [-0.4, -0.2) is 19.4 Å². The molecule has 44 heavy (non-hydrogen) atoms. The number of benzene rings is 6. The van der Waals surface area contributed by atoms with E-state index in [0.29, 0.717) is 5.82 Å². The van der Waals surface area contributed by atoms with Gasteiger partial charge in [0.2, 0.25) is 0 Å². The molecule has 6 aromatic carbocycles. The third-order valence-electron chi connectivity index (χ3n) is 8.78. The van der Waals surface area contributed by atoms with Crippen LogP contribution >= 0.6 is 0 Å². The number of furan rings is 1. The smallest absolute Gasteiger partial charge is 0.160 e. The van der Waals surface area contributed by atoms with Gasteiger partial charge in [0.1, 0.15) is 11.2 Å². The lowest BCUT2D eigenvalue weighted by molar-refractivity contribution is 0.666. The first-order valence-electron chi connectivity index (χ1n) is 14.7. The minimum Gasteiger partial charge on any atom is -0.455 e. The van der Waals surface area contributed by atoms with E-state index in [1.165, 1.54) is 0 Å². The summed E-state index contributed by atoms with van der Waals surface area (Å²) in [5.74, 6) is 0.704. The van der Waals surface area contributed by atoms with Crippen LogP contribution < -0.4 is 0 Å². The highest BCUT2D eigenvalue weighted by atomic mass is 16.3. The summed E-state index contributed by atoms with van der Waals surface area (Å²) < 4.78 is 8.45. The largest absolute Gasteiger partial charge is 0.455 e. The Morgan fingerprint density at radius 3 is 2.11 bits per heavy atom. The third-order valence-corrected chi connectivity index (χ3v) is 8.78. The van der Waals surface area contributed by atoms with Crippen molar-refractivity contribution in [2.75, 3.05) is 0 Å². The number of imidazole rings is 1. The molecule has 0 amide bonds. The van der Waals surface area contributed by atoms with Gasteiger partial charge in [0.05, 0.1) is 28.4 Å². The molecule has 0 N–H and O–H groups in total. The number of fused-ring (bicyclic) bond motifs is 12. The molecule has 0 aliphatic carbocycles. The Bertz CT molecular complexity index is 2780. The number of nitrogens with zero attached hydrogens (tertiary/aromatic N) is 4. The number of hydrogen-bond acceptors (Lipinski definition) is 4. The lowest BCUT2D eigenvalue weighted by Gasteiger charge is -2.11. The maximum atomic E-state index is 6.27. The van der Waals surface area contributed by atoms with Gasteiger partial charge in [-0.15, -0.1) is 0 Å². The minimum atomic E-state index is 0.704. The van der Waals surface area contributed by atoms with Crippen LogP contribution in [-0.2, 0) is 0 Å². The van der Waals surface area contributed by atoms with Crippen molar-refractivity contribution in [2.24, 2.45) is 0 Å². The van der Waals surface area contributed by atoms with Gasteiger partial charge in [0, 0.05) is 38.1 Å². The van der Waals surface area contributed by atoms with Crippen LogP contribution in [0.3, 0.4) is 0 Å². The van der Waals surface area contributed by atoms with Crippen molar-refractivity contribution in [1.29, 1.82) is 0 Å². The molecule has 5 heteroatoms. The maximum Gasteiger partial charge on any atom is 0.160 e. The molecule has 0 fully saturated rings. The molecule has 0 spiro atoms. The normalized spacial score (nSPS) is 12.1. The lowest BCUT2D eigenvalue weighted by Crippen LogP contribution is -1.95. The van der Waals surface area contributed by atoms with Crippen molar-refractivity contribution in [3.05, 3.63) is 134 Å². The molecule has 0 saturated heterocycles. The van der Waals surface area contributed by atoms with Crippen molar-refractivity contribution < 1.29 is 4.42 Å². The van der Waals surface area contributed by atoms with Crippen molar-refractivity contribution >= 4 is 71.1 Å². The molecule has 0 aliphatic rings. The van der Waals surface area contributed by atoms with Crippen LogP contribution in [0.25, 0.3) is 93.7 Å². The fourth-order valence-corrected chi connectivity index (χ4v) is 6.76. The molecule has 0 atom stereocenters. The quantitative estimate of drug-likeness (QED) is 0.197. The zero-order valence-electron chi connectivity index (χ0n) is 23.4. The zero-order chi connectivity index (χ0) is 28.8. The van der Waals surface area contributed by atoms with Gasteiger partial charge in [0.15, 0.2) is 11.4 Å². The number of pyridine rings is 1. The van der Waals surface area contributed by atoms with Gasteiger partial charge in [-0.25, -0.2) is 15.0 Å². The topological polar surface area (TPSA) is 56.2 Å². The van der Waals surface area contributed by atoms with Crippen LogP contribution in [0.1, 0.15) is 0 Å². The van der Waals surface area contributed by atoms with Gasteiger partial charge in [-0.2, -0.15) is 0 Å². The summed E-state index contributed by atoms with van der Waals surface area (Å²) in [6.07, 6.45) is 2.08. The van der Waals surface area contributed by atoms with Crippen molar-refractivity contribution in [3.63, 3.8) is 0 Å². The van der Waals surface area contributed by atoms with Crippen molar-refractivity contribution in [3.8, 4) is 22.6 Å². The Balaban J connectivity index is 1.28. The Labute approximate surface area is 250 Å². The molecule has 0 radical (unpaired) electrons. The second kappa shape index (κ2) is 8.72. The van der Waals surface area contributed by atoms with Crippen molar-refractivity contribution in [2.45, 2.75) is 0 Å². The van der Waals surface area contributed by atoms with Gasteiger partial charge < -0.3 is 4.42 Å². The molecular weight excluding hydrogens is 540 g/mol. The summed E-state index contributed by atoms with van der Waals surface area (Å²) in [4.78, 5) is 15.4. The molecule has 10 aromatic rings. The van der Waals surface area contributed by atoms with E-state index < -0.39 is 0 Å². The van der Waals surface area contributed by atoms with E-state index in [1.54, 1.807) is 0 Å². The van der Waals surface area contributed by atoms with Crippen LogP contribution in [0.4, 0.5) is 0 Å². The van der Waals surface area contributed by atoms with Gasteiger partial charge >= 0.3 is 0 Å². The third kappa shape index (κ3) is 3.26. The monoisotopic (exact) mass is 562 g/mol. The van der Waals surface area contributed by atoms with Crippen LogP contribution in [0.5, 0.6) is 0 Å². The summed E-state index contributed by atoms with van der Waals surface area (Å²) in [5.41, 5.74) is 8.56. The highest BCUT2D eigenvalue weighted by molar-refractivity contribution is 6.25. The van der Waals surface area contributed by atoms with Gasteiger partial charge in [-0.3, -0.25) is 4.40 Å². The van der Waals surface area contributed by atoms with Crippen LogP contribution in [0.2, 0.25) is 0 Å². The molecule has 204 valence electrons. The molecule has 4 aromatic heterocycles. The Hall–Kier alpha value is -6.07. The zero-order valence-corrected chi connectivity index (χ0v) is 23.4. The molecule has 10 rings (SSSR count). The van der Waals surface area contributed by atoms with Crippen LogP contribution in [0.15, 0.2) is 138 Å². The highest BCUT2D eigenvalue weighted by Crippen LogP contribution is 2.39. The minimum absolute atomic E-state index is 0.704. The van der Waals surface area contributed by atoms with Gasteiger partial charge in [-0.1, -0.05) is 103 Å². The average molecular weight is 563 g/mol. The molecule has 0 unspecified atom stereocenters. The number of hydrogen-bond donors (Lipinski definition) is 0. The number of para-hydroxylation sites is 2. The molecule has 0 aliphatic heterocycles.